The summed E-state index contributed by atoms with van der Waals surface area (Å²) in [5.41, 5.74) is 1.72. The zero-order valence-electron chi connectivity index (χ0n) is 18.8. The van der Waals surface area contributed by atoms with Crippen molar-refractivity contribution in [2.45, 2.75) is 43.4 Å². The van der Waals surface area contributed by atoms with Crippen molar-refractivity contribution in [2.24, 2.45) is 4.99 Å². The van der Waals surface area contributed by atoms with Gasteiger partial charge >= 0.3 is 0 Å². The Bertz CT molecular complexity index is 821. The number of carbonyl (C=O) groups is 2. The Morgan fingerprint density at radius 3 is 2.59 bits per heavy atom. The molecular formula is C23H34IN5O2S. The van der Waals surface area contributed by atoms with E-state index >= 15 is 0 Å². The summed E-state index contributed by atoms with van der Waals surface area (Å²) in [7, 11) is 1.86. The van der Waals surface area contributed by atoms with Gasteiger partial charge in [0.05, 0.1) is 6.54 Å². The molecule has 7 nitrogen and oxygen atoms in total. The van der Waals surface area contributed by atoms with Crippen molar-refractivity contribution in [3.63, 3.8) is 0 Å². The number of amides is 2. The maximum atomic E-state index is 12.6. The third-order valence-electron chi connectivity index (χ3n) is 6.50. The maximum Gasteiger partial charge on any atom is 0.254 e. The Kier molecular flexibility index (Phi) is 9.10. The molecule has 32 heavy (non-hydrogen) atoms. The minimum absolute atomic E-state index is 0. The van der Waals surface area contributed by atoms with Gasteiger partial charge < -0.3 is 20.4 Å². The van der Waals surface area contributed by atoms with Gasteiger partial charge in [-0.2, -0.15) is 11.8 Å². The number of halogens is 1. The summed E-state index contributed by atoms with van der Waals surface area (Å²) in [5.74, 6) is 1.93. The quantitative estimate of drug-likeness (QED) is 0.332. The average Bonchev–Trinajstić information content (AvgIpc) is 2.80. The van der Waals surface area contributed by atoms with Gasteiger partial charge in [-0.15, -0.1) is 24.0 Å². The number of rotatable bonds is 3. The lowest BCUT2D eigenvalue weighted by molar-refractivity contribution is -0.123. The highest BCUT2D eigenvalue weighted by Gasteiger charge is 2.38. The van der Waals surface area contributed by atoms with E-state index in [1.807, 2.05) is 31.3 Å². The first kappa shape index (κ1) is 25.1. The first-order valence-corrected chi connectivity index (χ1v) is 12.3. The molecule has 3 fully saturated rings. The lowest BCUT2D eigenvalue weighted by Gasteiger charge is -2.45. The maximum absolute atomic E-state index is 12.6. The first-order chi connectivity index (χ1) is 15.1. The van der Waals surface area contributed by atoms with Crippen molar-refractivity contribution in [1.29, 1.82) is 0 Å². The van der Waals surface area contributed by atoms with Crippen LogP contribution in [-0.2, 0) is 11.3 Å². The number of hydrogen-bond donors (Lipinski definition) is 2. The van der Waals surface area contributed by atoms with E-state index < -0.39 is 0 Å². The highest BCUT2D eigenvalue weighted by atomic mass is 127. The van der Waals surface area contributed by atoms with Crippen molar-refractivity contribution in [3.8, 4) is 0 Å². The Labute approximate surface area is 212 Å². The van der Waals surface area contributed by atoms with Crippen molar-refractivity contribution in [1.82, 2.24) is 20.4 Å². The molecule has 1 aromatic carbocycles. The SMILES string of the molecule is CN=C(NCc1ccc(C(=O)N2CCNC(=O)C2)cc1)N1CCSC2(CCCCC2)C1.I. The van der Waals surface area contributed by atoms with Crippen LogP contribution in [0.15, 0.2) is 29.3 Å². The van der Waals surface area contributed by atoms with E-state index in [2.05, 4.69) is 32.3 Å². The largest absolute Gasteiger partial charge is 0.353 e. The number of nitrogens with zero attached hydrogens (tertiary/aromatic N) is 3. The molecule has 0 aromatic heterocycles. The third-order valence-corrected chi connectivity index (χ3v) is 8.04. The van der Waals surface area contributed by atoms with E-state index in [9.17, 15) is 9.59 Å². The lowest BCUT2D eigenvalue weighted by atomic mass is 9.87. The molecule has 2 amide bonds. The second kappa shape index (κ2) is 11.6. The van der Waals surface area contributed by atoms with Gasteiger partial charge in [-0.1, -0.05) is 31.4 Å². The van der Waals surface area contributed by atoms with Crippen LogP contribution in [0.2, 0.25) is 0 Å². The lowest BCUT2D eigenvalue weighted by Crippen LogP contribution is -2.53. The molecule has 0 radical (unpaired) electrons. The molecule has 2 saturated heterocycles. The van der Waals surface area contributed by atoms with Gasteiger partial charge in [0.1, 0.15) is 0 Å². The van der Waals surface area contributed by atoms with E-state index in [1.165, 1.54) is 32.1 Å². The van der Waals surface area contributed by atoms with Gasteiger partial charge in [0.25, 0.3) is 5.91 Å². The summed E-state index contributed by atoms with van der Waals surface area (Å²) in [6.07, 6.45) is 6.71. The van der Waals surface area contributed by atoms with Gasteiger partial charge in [-0.25, -0.2) is 0 Å². The van der Waals surface area contributed by atoms with Crippen LogP contribution in [0, 0.1) is 0 Å². The molecule has 0 bridgehead atoms. The minimum atomic E-state index is -0.0991. The molecule has 1 aromatic rings. The van der Waals surface area contributed by atoms with Crippen LogP contribution in [0.25, 0.3) is 0 Å². The third kappa shape index (κ3) is 6.09. The van der Waals surface area contributed by atoms with Crippen molar-refractivity contribution < 1.29 is 9.59 Å². The molecule has 1 spiro atoms. The monoisotopic (exact) mass is 571 g/mol. The molecule has 1 saturated carbocycles. The molecule has 2 aliphatic heterocycles. The fourth-order valence-electron chi connectivity index (χ4n) is 4.80. The first-order valence-electron chi connectivity index (χ1n) is 11.3. The Balaban J connectivity index is 0.00000289. The number of hydrogen-bond acceptors (Lipinski definition) is 4. The highest BCUT2D eigenvalue weighted by Crippen LogP contribution is 2.42. The van der Waals surface area contributed by atoms with Gasteiger partial charge in [-0.05, 0) is 30.5 Å². The predicted molar refractivity (Wildman–Crippen MR) is 141 cm³/mol. The summed E-state index contributed by atoms with van der Waals surface area (Å²) >= 11 is 2.16. The van der Waals surface area contributed by atoms with E-state index in [0.717, 1.165) is 30.4 Å². The number of guanidine groups is 1. The van der Waals surface area contributed by atoms with Crippen LogP contribution < -0.4 is 10.6 Å². The number of piperazine rings is 1. The minimum Gasteiger partial charge on any atom is -0.353 e. The van der Waals surface area contributed by atoms with E-state index in [4.69, 9.17) is 0 Å². The van der Waals surface area contributed by atoms with Gasteiger partial charge in [0.15, 0.2) is 5.96 Å². The van der Waals surface area contributed by atoms with Crippen molar-refractivity contribution in [2.75, 3.05) is 45.5 Å². The summed E-state index contributed by atoms with van der Waals surface area (Å²) in [5, 5.41) is 6.26. The summed E-state index contributed by atoms with van der Waals surface area (Å²) in [6.45, 7) is 3.98. The van der Waals surface area contributed by atoms with Gasteiger partial charge in [0, 0.05) is 55.8 Å². The van der Waals surface area contributed by atoms with Crippen LogP contribution in [-0.4, -0.2) is 77.8 Å². The average molecular weight is 572 g/mol. The molecule has 3 aliphatic rings. The fourth-order valence-corrected chi connectivity index (χ4v) is 6.37. The van der Waals surface area contributed by atoms with Crippen molar-refractivity contribution in [3.05, 3.63) is 35.4 Å². The number of aliphatic imine (C=N–C) groups is 1. The summed E-state index contributed by atoms with van der Waals surface area (Å²) in [4.78, 5) is 32.7. The zero-order valence-corrected chi connectivity index (χ0v) is 21.9. The molecule has 9 heteroatoms. The van der Waals surface area contributed by atoms with Gasteiger partial charge in [-0.3, -0.25) is 14.6 Å². The Morgan fingerprint density at radius 1 is 1.16 bits per heavy atom. The summed E-state index contributed by atoms with van der Waals surface area (Å²) in [6, 6.07) is 7.66. The van der Waals surface area contributed by atoms with Crippen LogP contribution >= 0.6 is 35.7 Å². The van der Waals surface area contributed by atoms with Gasteiger partial charge in [0.2, 0.25) is 5.91 Å². The van der Waals surface area contributed by atoms with Crippen LogP contribution in [0.4, 0.5) is 0 Å². The molecule has 0 unspecified atom stereocenters. The Hall–Kier alpha value is -1.49. The highest BCUT2D eigenvalue weighted by molar-refractivity contribution is 14.0. The zero-order chi connectivity index (χ0) is 21.7. The van der Waals surface area contributed by atoms with Crippen LogP contribution in [0.1, 0.15) is 48.0 Å². The molecule has 2 heterocycles. The number of benzene rings is 1. The molecule has 2 N–H and O–H groups in total. The second-order valence-corrected chi connectivity index (χ2v) is 10.3. The van der Waals surface area contributed by atoms with E-state index in [1.54, 1.807) is 4.90 Å². The smallest absolute Gasteiger partial charge is 0.254 e. The number of nitrogens with one attached hydrogen (secondary N) is 2. The standard InChI is InChI=1S/C23H33N5O2S.HI/c1-24-22(28-13-14-31-23(17-28)9-3-2-4-10-23)26-15-18-5-7-19(8-6-18)21(30)27-12-11-25-20(29)16-27;/h5-8H,2-4,9-17H2,1H3,(H,24,26)(H,25,29);1H. The molecule has 176 valence electrons. The summed E-state index contributed by atoms with van der Waals surface area (Å²) < 4.78 is 0.404. The Morgan fingerprint density at radius 2 is 1.91 bits per heavy atom. The molecular weight excluding hydrogens is 537 g/mol. The normalized spacial score (nSPS) is 21.0. The van der Waals surface area contributed by atoms with Crippen LogP contribution in [0.3, 0.4) is 0 Å². The number of carbonyl (C=O) groups excluding carboxylic acids is 2. The van der Waals surface area contributed by atoms with E-state index in [0.29, 0.717) is 29.9 Å². The fraction of sp³-hybridized carbons (Fsp3) is 0.609. The van der Waals surface area contributed by atoms with E-state index in [-0.39, 0.29) is 42.3 Å². The second-order valence-electron chi connectivity index (χ2n) is 8.69. The van der Waals surface area contributed by atoms with Crippen LogP contribution in [0.5, 0.6) is 0 Å². The topological polar surface area (TPSA) is 77.0 Å². The predicted octanol–water partition coefficient (Wildman–Crippen LogP) is 2.70. The number of thioether (sulfide) groups is 1. The van der Waals surface area contributed by atoms with Crippen molar-refractivity contribution >= 4 is 53.5 Å². The molecule has 4 rings (SSSR count). The molecule has 0 atom stereocenters. The molecule has 1 aliphatic carbocycles.